The molecule has 2 amide bonds. The van der Waals surface area contributed by atoms with Crippen molar-refractivity contribution in [2.75, 3.05) is 13.1 Å². The van der Waals surface area contributed by atoms with Crippen molar-refractivity contribution in [2.24, 2.45) is 0 Å². The molecule has 2 aromatic heterocycles. The smallest absolute Gasteiger partial charge is 0.216 e. The molecule has 0 radical (unpaired) electrons. The lowest BCUT2D eigenvalue weighted by atomic mass is 10.2. The molecular formula is C21H46N8O2. The average molecular weight is 443 g/mol. The van der Waals surface area contributed by atoms with Gasteiger partial charge >= 0.3 is 0 Å². The van der Waals surface area contributed by atoms with E-state index in [2.05, 4.69) is 55.3 Å². The normalized spacial score (nSPS) is 7.87. The van der Waals surface area contributed by atoms with Gasteiger partial charge in [0.05, 0.1) is 24.8 Å². The van der Waals surface area contributed by atoms with Gasteiger partial charge in [-0.3, -0.25) is 9.59 Å². The molecule has 2 heterocycles. The molecular weight excluding hydrogens is 396 g/mol. The van der Waals surface area contributed by atoms with E-state index >= 15 is 0 Å². The van der Waals surface area contributed by atoms with E-state index in [9.17, 15) is 9.59 Å². The highest BCUT2D eigenvalue weighted by atomic mass is 16.1. The summed E-state index contributed by atoms with van der Waals surface area (Å²) in [5.41, 5.74) is 0. The first kappa shape index (κ1) is 35.6. The standard InChI is InChI=1S/C7H15NO.C6H13NO.2C2H3N3.2C2H6/c1-3-4-5-6-8-7(2)9;1-3-4-5-7-6(2)8;2*1-2-4-5-3-1;2*1-2/h3-6H2,1-2H3,(H,8,9);3-5H2,1-2H3,(H,7,8);2*1-2H,(H,3,4,5);2*1-2H3. The predicted octanol–water partition coefficient (Wildman–Crippen LogP) is 3.90. The Hall–Kier alpha value is -2.78. The topological polar surface area (TPSA) is 141 Å². The van der Waals surface area contributed by atoms with E-state index in [0.29, 0.717) is 0 Å². The molecule has 0 saturated carbocycles. The van der Waals surface area contributed by atoms with Gasteiger partial charge in [-0.05, 0) is 12.8 Å². The number of hydrogen-bond donors (Lipinski definition) is 4. The lowest BCUT2D eigenvalue weighted by Gasteiger charge is -1.98. The van der Waals surface area contributed by atoms with Crippen LogP contribution in [-0.2, 0) is 9.59 Å². The van der Waals surface area contributed by atoms with E-state index in [-0.39, 0.29) is 11.8 Å². The van der Waals surface area contributed by atoms with Gasteiger partial charge in [0.25, 0.3) is 0 Å². The van der Waals surface area contributed by atoms with Gasteiger partial charge in [0, 0.05) is 26.9 Å². The number of rotatable bonds is 7. The molecule has 10 nitrogen and oxygen atoms in total. The maximum atomic E-state index is 10.3. The van der Waals surface area contributed by atoms with Crippen LogP contribution >= 0.6 is 0 Å². The Bertz CT molecular complexity index is 445. The second-order valence-corrected chi connectivity index (χ2v) is 5.34. The minimum absolute atomic E-state index is 0.0680. The SMILES string of the molecule is CC.CC.CCCCCNC(C)=O.CCCCNC(C)=O.c1cn[nH]n1.c1cn[nH]n1. The highest BCUT2D eigenvalue weighted by molar-refractivity contribution is 5.72. The summed E-state index contributed by atoms with van der Waals surface area (Å²) < 4.78 is 0. The van der Waals surface area contributed by atoms with Gasteiger partial charge < -0.3 is 10.6 Å². The molecule has 2 aromatic rings. The van der Waals surface area contributed by atoms with Crippen molar-refractivity contribution in [1.29, 1.82) is 0 Å². The molecule has 0 aromatic carbocycles. The Morgan fingerprint density at radius 1 is 0.645 bits per heavy atom. The van der Waals surface area contributed by atoms with E-state index in [4.69, 9.17) is 0 Å². The predicted molar refractivity (Wildman–Crippen MR) is 127 cm³/mol. The molecule has 0 atom stereocenters. The minimum atomic E-state index is 0.0680. The Kier molecular flexibility index (Phi) is 43.6. The third-order valence-corrected chi connectivity index (χ3v) is 2.72. The second-order valence-electron chi connectivity index (χ2n) is 5.34. The van der Waals surface area contributed by atoms with Crippen LogP contribution in [-0.4, -0.2) is 55.7 Å². The second kappa shape index (κ2) is 37.9. The van der Waals surface area contributed by atoms with Gasteiger partial charge in [-0.2, -0.15) is 30.8 Å². The Morgan fingerprint density at radius 3 is 1.19 bits per heavy atom. The summed E-state index contributed by atoms with van der Waals surface area (Å²) >= 11 is 0. The van der Waals surface area contributed by atoms with E-state index in [0.717, 1.165) is 32.4 Å². The zero-order valence-electron chi connectivity index (χ0n) is 20.9. The van der Waals surface area contributed by atoms with Gasteiger partial charge in [-0.25, -0.2) is 0 Å². The van der Waals surface area contributed by atoms with Gasteiger partial charge in [-0.1, -0.05) is 60.8 Å². The number of H-pyrrole nitrogens is 2. The number of amides is 2. The third-order valence-electron chi connectivity index (χ3n) is 2.72. The molecule has 0 aliphatic heterocycles. The van der Waals surface area contributed by atoms with Crippen LogP contribution in [0, 0.1) is 0 Å². The molecule has 2 rings (SSSR count). The molecule has 31 heavy (non-hydrogen) atoms. The molecule has 0 fully saturated rings. The monoisotopic (exact) mass is 442 g/mol. The number of aromatic nitrogens is 6. The number of aromatic amines is 2. The number of nitrogens with zero attached hydrogens (tertiary/aromatic N) is 4. The number of carbonyl (C=O) groups is 2. The van der Waals surface area contributed by atoms with Crippen molar-refractivity contribution in [3.8, 4) is 0 Å². The average Bonchev–Trinajstić information content (AvgIpc) is 3.54. The molecule has 0 spiro atoms. The fraction of sp³-hybridized carbons (Fsp3) is 0.714. The summed E-state index contributed by atoms with van der Waals surface area (Å²) in [7, 11) is 0. The number of hydrogen-bond acceptors (Lipinski definition) is 6. The van der Waals surface area contributed by atoms with Gasteiger partial charge in [-0.15, -0.1) is 0 Å². The Labute approximate surface area is 188 Å². The van der Waals surface area contributed by atoms with E-state index in [1.807, 2.05) is 27.7 Å². The highest BCUT2D eigenvalue weighted by Crippen LogP contribution is 1.90. The molecule has 0 aliphatic carbocycles. The van der Waals surface area contributed by atoms with Crippen LogP contribution in [0.4, 0.5) is 0 Å². The van der Waals surface area contributed by atoms with Crippen molar-refractivity contribution in [3.63, 3.8) is 0 Å². The van der Waals surface area contributed by atoms with Crippen molar-refractivity contribution < 1.29 is 9.59 Å². The Balaban J connectivity index is -0.000000151. The molecule has 4 N–H and O–H groups in total. The summed E-state index contributed by atoms with van der Waals surface area (Å²) in [6.45, 7) is 17.0. The zero-order chi connectivity index (χ0) is 24.6. The largest absolute Gasteiger partial charge is 0.356 e. The van der Waals surface area contributed by atoms with Crippen LogP contribution in [0.3, 0.4) is 0 Å². The summed E-state index contributed by atoms with van der Waals surface area (Å²) in [4.78, 5) is 20.5. The molecule has 0 aliphatic rings. The first-order chi connectivity index (χ1) is 15.0. The van der Waals surface area contributed by atoms with Crippen molar-refractivity contribution in [3.05, 3.63) is 24.8 Å². The fourth-order valence-electron chi connectivity index (χ4n) is 1.41. The first-order valence-electron chi connectivity index (χ1n) is 11.1. The number of carbonyl (C=O) groups excluding carboxylic acids is 2. The van der Waals surface area contributed by atoms with Crippen LogP contribution in [0.25, 0.3) is 0 Å². The summed E-state index contributed by atoms with van der Waals surface area (Å²) in [5, 5.41) is 24.1. The molecule has 0 unspecified atom stereocenters. The zero-order valence-corrected chi connectivity index (χ0v) is 20.9. The van der Waals surface area contributed by atoms with Crippen LogP contribution in [0.2, 0.25) is 0 Å². The Morgan fingerprint density at radius 2 is 0.968 bits per heavy atom. The third kappa shape index (κ3) is 52.2. The lowest BCUT2D eigenvalue weighted by molar-refractivity contribution is -0.119. The van der Waals surface area contributed by atoms with Crippen molar-refractivity contribution in [1.82, 2.24) is 41.5 Å². The molecule has 10 heteroatoms. The van der Waals surface area contributed by atoms with E-state index < -0.39 is 0 Å². The number of unbranched alkanes of at least 4 members (excludes halogenated alkanes) is 3. The number of nitrogens with one attached hydrogen (secondary N) is 4. The summed E-state index contributed by atoms with van der Waals surface area (Å²) in [5.74, 6) is 0.143. The van der Waals surface area contributed by atoms with Crippen LogP contribution in [0.15, 0.2) is 24.8 Å². The fourth-order valence-corrected chi connectivity index (χ4v) is 1.41. The van der Waals surface area contributed by atoms with Crippen molar-refractivity contribution >= 4 is 11.8 Å². The lowest BCUT2D eigenvalue weighted by Crippen LogP contribution is -2.20. The maximum Gasteiger partial charge on any atom is 0.216 e. The van der Waals surface area contributed by atoms with E-state index in [1.165, 1.54) is 19.8 Å². The molecule has 0 bridgehead atoms. The minimum Gasteiger partial charge on any atom is -0.356 e. The van der Waals surface area contributed by atoms with E-state index in [1.54, 1.807) is 31.7 Å². The molecule has 182 valence electrons. The van der Waals surface area contributed by atoms with Crippen LogP contribution in [0.5, 0.6) is 0 Å². The van der Waals surface area contributed by atoms with Crippen LogP contribution in [0.1, 0.15) is 87.5 Å². The quantitative estimate of drug-likeness (QED) is 0.479. The summed E-state index contributed by atoms with van der Waals surface area (Å²) in [6.07, 6.45) is 12.1. The van der Waals surface area contributed by atoms with Gasteiger partial charge in [0.1, 0.15) is 0 Å². The summed E-state index contributed by atoms with van der Waals surface area (Å²) in [6, 6.07) is 0. The highest BCUT2D eigenvalue weighted by Gasteiger charge is 1.88. The molecule has 0 saturated heterocycles. The van der Waals surface area contributed by atoms with Gasteiger partial charge in [0.2, 0.25) is 11.8 Å². The van der Waals surface area contributed by atoms with Crippen molar-refractivity contribution in [2.45, 2.75) is 87.5 Å². The van der Waals surface area contributed by atoms with Gasteiger partial charge in [0.15, 0.2) is 0 Å². The van der Waals surface area contributed by atoms with Crippen LogP contribution < -0.4 is 10.6 Å². The first-order valence-corrected chi connectivity index (χ1v) is 11.1. The maximum absolute atomic E-state index is 10.3.